The highest BCUT2D eigenvalue weighted by atomic mass is 32.2. The molecule has 0 unspecified atom stereocenters. The number of nitriles is 1. The monoisotopic (exact) mass is 531 g/mol. The number of rotatable bonds is 4. The predicted molar refractivity (Wildman–Crippen MR) is 129 cm³/mol. The Kier molecular flexibility index (Phi) is 7.54. The number of nitrogens with zero attached hydrogens (tertiary/aromatic N) is 4. The lowest BCUT2D eigenvalue weighted by Gasteiger charge is -2.10. The number of hydrogen-bond donors (Lipinski definition) is 2. The molecule has 37 heavy (non-hydrogen) atoms. The normalized spacial score (nSPS) is 11.5. The molecule has 3 N–H and O–H groups in total. The first kappa shape index (κ1) is 27.2. The van der Waals surface area contributed by atoms with Gasteiger partial charge in [-0.3, -0.25) is 4.40 Å². The minimum atomic E-state index is -5.08. The van der Waals surface area contributed by atoms with Gasteiger partial charge in [-0.25, -0.2) is 23.2 Å². The second-order valence-corrected chi connectivity index (χ2v) is 9.95. The Bertz CT molecular complexity index is 1640. The maximum atomic E-state index is 12.0. The van der Waals surface area contributed by atoms with Crippen LogP contribution in [0, 0.1) is 18.3 Å². The summed E-state index contributed by atoms with van der Waals surface area (Å²) in [4.78, 5) is 18.0. The highest BCUT2D eigenvalue weighted by molar-refractivity contribution is 7.90. The Morgan fingerprint density at radius 2 is 1.89 bits per heavy atom. The van der Waals surface area contributed by atoms with Gasteiger partial charge >= 0.3 is 12.1 Å². The smallest absolute Gasteiger partial charge is 0.475 e. The zero-order chi connectivity index (χ0) is 27.5. The summed E-state index contributed by atoms with van der Waals surface area (Å²) in [6.45, 7) is 1.91. The molecule has 9 nitrogen and oxygen atoms in total. The minimum Gasteiger partial charge on any atom is -0.475 e. The SMILES string of the molecule is Cc1ccc(S(C)(=O)=O)cc1-c1cnc2c(N)nc(-c3cccc(CC#N)c3)cn12.O=C(O)C(F)(F)F. The van der Waals surface area contributed by atoms with E-state index < -0.39 is 22.0 Å². The van der Waals surface area contributed by atoms with E-state index in [0.29, 0.717) is 17.8 Å². The number of aryl methyl sites for hydroxylation is 1. The molecule has 0 saturated carbocycles. The number of aromatic nitrogens is 3. The van der Waals surface area contributed by atoms with Crippen LogP contribution in [0.4, 0.5) is 19.0 Å². The van der Waals surface area contributed by atoms with Crippen molar-refractivity contribution in [1.82, 2.24) is 14.4 Å². The van der Waals surface area contributed by atoms with E-state index in [4.69, 9.17) is 20.9 Å². The topological polar surface area (TPSA) is 151 Å². The van der Waals surface area contributed by atoms with E-state index in [1.54, 1.807) is 24.4 Å². The number of alkyl halides is 3. The molecule has 0 radical (unpaired) electrons. The van der Waals surface area contributed by atoms with Crippen molar-refractivity contribution in [1.29, 1.82) is 5.26 Å². The van der Waals surface area contributed by atoms with E-state index in [1.807, 2.05) is 41.8 Å². The molecule has 13 heteroatoms. The number of halogens is 3. The number of sulfone groups is 1. The van der Waals surface area contributed by atoms with Gasteiger partial charge in [0.2, 0.25) is 0 Å². The van der Waals surface area contributed by atoms with Gasteiger partial charge in [0.15, 0.2) is 21.3 Å². The van der Waals surface area contributed by atoms with E-state index in [-0.39, 0.29) is 10.7 Å². The Morgan fingerprint density at radius 3 is 2.49 bits per heavy atom. The average molecular weight is 532 g/mol. The maximum Gasteiger partial charge on any atom is 0.490 e. The van der Waals surface area contributed by atoms with E-state index in [2.05, 4.69) is 16.0 Å². The van der Waals surface area contributed by atoms with Crippen LogP contribution < -0.4 is 5.73 Å². The Balaban J connectivity index is 0.000000479. The number of carboxylic acids is 1. The zero-order valence-electron chi connectivity index (χ0n) is 19.5. The summed E-state index contributed by atoms with van der Waals surface area (Å²) in [7, 11) is -3.35. The molecule has 2 aromatic heterocycles. The molecule has 192 valence electrons. The number of hydrogen-bond acceptors (Lipinski definition) is 7. The predicted octanol–water partition coefficient (Wildman–Crippen LogP) is 4.06. The third kappa shape index (κ3) is 6.22. The number of aliphatic carboxylic acids is 1. The van der Waals surface area contributed by atoms with Crippen LogP contribution in [-0.2, 0) is 21.1 Å². The summed E-state index contributed by atoms with van der Waals surface area (Å²) in [5.74, 6) is -2.49. The van der Waals surface area contributed by atoms with Crippen molar-refractivity contribution in [2.24, 2.45) is 0 Å². The molecule has 0 aliphatic carbocycles. The van der Waals surface area contributed by atoms with Crippen LogP contribution in [0.25, 0.3) is 28.2 Å². The van der Waals surface area contributed by atoms with E-state index >= 15 is 0 Å². The van der Waals surface area contributed by atoms with Gasteiger partial charge in [-0.15, -0.1) is 0 Å². The van der Waals surface area contributed by atoms with Crippen molar-refractivity contribution in [3.8, 4) is 28.6 Å². The number of carbonyl (C=O) groups is 1. The van der Waals surface area contributed by atoms with E-state index in [9.17, 15) is 21.6 Å². The first-order chi connectivity index (χ1) is 17.2. The highest BCUT2D eigenvalue weighted by Crippen LogP contribution is 2.30. The standard InChI is InChI=1S/C22H19N5O2S.C2HF3O2/c1-14-6-7-17(30(2,28)29)11-18(14)20-12-25-22-21(24)26-19(13-27(20)22)16-5-3-4-15(10-16)8-9-23;3-2(4,5)1(6)7/h3-7,10-13H,8H2,1-2H3,(H2,24,26);(H,6,7). The summed E-state index contributed by atoms with van der Waals surface area (Å²) in [6, 6.07) is 14.7. The van der Waals surface area contributed by atoms with Crippen LogP contribution in [0.5, 0.6) is 0 Å². The zero-order valence-corrected chi connectivity index (χ0v) is 20.3. The number of carboxylic acid groups (broad SMARTS) is 1. The summed E-state index contributed by atoms with van der Waals surface area (Å²) >= 11 is 0. The molecule has 2 aromatic carbocycles. The lowest BCUT2D eigenvalue weighted by molar-refractivity contribution is -0.192. The fourth-order valence-electron chi connectivity index (χ4n) is 3.39. The number of nitrogens with two attached hydrogens (primary N) is 1. The molecule has 0 spiro atoms. The van der Waals surface area contributed by atoms with Gasteiger partial charge in [-0.1, -0.05) is 24.3 Å². The lowest BCUT2D eigenvalue weighted by atomic mass is 10.1. The van der Waals surface area contributed by atoms with Gasteiger partial charge < -0.3 is 10.8 Å². The third-order valence-corrected chi connectivity index (χ3v) is 6.29. The number of imidazole rings is 1. The Morgan fingerprint density at radius 1 is 1.22 bits per heavy atom. The fraction of sp³-hybridized carbons (Fsp3) is 0.167. The quantitative estimate of drug-likeness (QED) is 0.400. The fourth-order valence-corrected chi connectivity index (χ4v) is 4.04. The molecule has 0 amide bonds. The molecular formula is C24H20F3N5O4S. The van der Waals surface area contributed by atoms with E-state index in [0.717, 1.165) is 27.9 Å². The number of benzene rings is 2. The average Bonchev–Trinajstić information content (AvgIpc) is 3.23. The second-order valence-electron chi connectivity index (χ2n) is 7.94. The molecule has 4 rings (SSSR count). The van der Waals surface area contributed by atoms with Crippen LogP contribution >= 0.6 is 0 Å². The van der Waals surface area contributed by atoms with Crippen LogP contribution in [0.2, 0.25) is 0 Å². The van der Waals surface area contributed by atoms with Gasteiger partial charge in [-0.2, -0.15) is 18.4 Å². The molecular weight excluding hydrogens is 511 g/mol. The van der Waals surface area contributed by atoms with Gasteiger partial charge in [0.25, 0.3) is 0 Å². The van der Waals surface area contributed by atoms with Crippen molar-refractivity contribution >= 4 is 27.3 Å². The molecule has 4 aromatic rings. The lowest BCUT2D eigenvalue weighted by Crippen LogP contribution is -2.21. The summed E-state index contributed by atoms with van der Waals surface area (Å²) in [5, 5.41) is 16.1. The van der Waals surface area contributed by atoms with Crippen molar-refractivity contribution in [3.05, 3.63) is 66.0 Å². The number of fused-ring (bicyclic) bond motifs is 1. The van der Waals surface area contributed by atoms with Crippen molar-refractivity contribution in [2.75, 3.05) is 12.0 Å². The van der Waals surface area contributed by atoms with Gasteiger partial charge in [0, 0.05) is 23.6 Å². The van der Waals surface area contributed by atoms with Gasteiger partial charge in [0.05, 0.1) is 35.0 Å². The van der Waals surface area contributed by atoms with Gasteiger partial charge in [-0.05, 0) is 36.2 Å². The minimum absolute atomic E-state index is 0.240. The van der Waals surface area contributed by atoms with Crippen LogP contribution in [-0.4, -0.2) is 46.3 Å². The number of nitrogen functional groups attached to an aromatic ring is 1. The van der Waals surface area contributed by atoms with Crippen molar-refractivity contribution < 1.29 is 31.5 Å². The summed E-state index contributed by atoms with van der Waals surface area (Å²) in [5.41, 5.74) is 11.4. The third-order valence-electron chi connectivity index (χ3n) is 5.18. The molecule has 0 fully saturated rings. The summed E-state index contributed by atoms with van der Waals surface area (Å²) in [6.07, 6.45) is -0.104. The van der Waals surface area contributed by atoms with Crippen LogP contribution in [0.15, 0.2) is 59.8 Å². The first-order valence-corrected chi connectivity index (χ1v) is 12.3. The first-order valence-electron chi connectivity index (χ1n) is 10.4. The van der Waals surface area contributed by atoms with Crippen molar-refractivity contribution in [2.45, 2.75) is 24.4 Å². The van der Waals surface area contributed by atoms with E-state index in [1.165, 1.54) is 6.26 Å². The molecule has 0 aliphatic heterocycles. The Labute approximate surface area is 209 Å². The second kappa shape index (κ2) is 10.3. The Hall–Kier alpha value is -4.44. The molecule has 0 aliphatic rings. The molecule has 0 bridgehead atoms. The largest absolute Gasteiger partial charge is 0.490 e. The maximum absolute atomic E-state index is 12.0. The van der Waals surface area contributed by atoms with Crippen LogP contribution in [0.3, 0.4) is 0 Å². The molecule has 0 atom stereocenters. The van der Waals surface area contributed by atoms with Gasteiger partial charge in [0.1, 0.15) is 0 Å². The number of anilines is 1. The molecule has 0 saturated heterocycles. The molecule has 2 heterocycles. The van der Waals surface area contributed by atoms with Crippen molar-refractivity contribution in [3.63, 3.8) is 0 Å². The van der Waals surface area contributed by atoms with Crippen LogP contribution in [0.1, 0.15) is 11.1 Å². The highest BCUT2D eigenvalue weighted by Gasteiger charge is 2.38. The summed E-state index contributed by atoms with van der Waals surface area (Å²) < 4.78 is 57.6.